The average molecular weight is 503 g/mol. The molecule has 1 amide bonds. The van der Waals surface area contributed by atoms with E-state index in [4.69, 9.17) is 21.1 Å². The number of methoxy groups -OCH3 is 1. The maximum absolute atomic E-state index is 12.9. The van der Waals surface area contributed by atoms with Gasteiger partial charge in [0.25, 0.3) is 5.91 Å². The van der Waals surface area contributed by atoms with Crippen molar-refractivity contribution in [3.8, 4) is 16.3 Å². The normalized spacial score (nSPS) is 11.9. The van der Waals surface area contributed by atoms with Gasteiger partial charge in [-0.2, -0.15) is 0 Å². The van der Waals surface area contributed by atoms with Gasteiger partial charge in [0.05, 0.1) is 18.2 Å². The Morgan fingerprint density at radius 2 is 1.94 bits per heavy atom. The van der Waals surface area contributed by atoms with Gasteiger partial charge in [-0.05, 0) is 38.5 Å². The molecule has 0 saturated heterocycles. The van der Waals surface area contributed by atoms with Gasteiger partial charge in [0, 0.05) is 29.0 Å². The molecule has 0 aliphatic carbocycles. The first-order valence-electron chi connectivity index (χ1n) is 10.7. The van der Waals surface area contributed by atoms with Crippen LogP contribution >= 0.6 is 22.9 Å². The lowest BCUT2D eigenvalue weighted by molar-refractivity contribution is -0.153. The molecule has 9 heteroatoms. The van der Waals surface area contributed by atoms with E-state index in [9.17, 15) is 14.7 Å². The summed E-state index contributed by atoms with van der Waals surface area (Å²) in [7, 11) is 1.54. The molecule has 3 rings (SSSR count). The molecule has 3 aromatic rings. The van der Waals surface area contributed by atoms with Crippen LogP contribution in [0.2, 0.25) is 5.02 Å². The number of carboxylic acid groups (broad SMARTS) is 1. The average Bonchev–Trinajstić information content (AvgIpc) is 3.18. The number of aromatic nitrogens is 1. The zero-order valence-electron chi connectivity index (χ0n) is 19.4. The second kappa shape index (κ2) is 11.5. The fourth-order valence-electron chi connectivity index (χ4n) is 3.45. The summed E-state index contributed by atoms with van der Waals surface area (Å²) in [4.78, 5) is 29.7. The van der Waals surface area contributed by atoms with Crippen molar-refractivity contribution >= 4 is 34.8 Å². The van der Waals surface area contributed by atoms with Gasteiger partial charge < -0.3 is 19.9 Å². The highest BCUT2D eigenvalue weighted by Gasteiger charge is 2.21. The van der Waals surface area contributed by atoms with E-state index in [0.717, 1.165) is 21.6 Å². The smallest absolute Gasteiger partial charge is 0.333 e. The maximum Gasteiger partial charge on any atom is 0.333 e. The first-order chi connectivity index (χ1) is 16.2. The summed E-state index contributed by atoms with van der Waals surface area (Å²) in [5, 5.41) is 13.6. The Balaban J connectivity index is 1.76. The van der Waals surface area contributed by atoms with Crippen molar-refractivity contribution in [1.29, 1.82) is 0 Å². The van der Waals surface area contributed by atoms with Crippen LogP contribution in [-0.4, -0.2) is 41.3 Å². The van der Waals surface area contributed by atoms with Gasteiger partial charge in [-0.25, -0.2) is 9.78 Å². The minimum Gasteiger partial charge on any atom is -0.496 e. The lowest BCUT2D eigenvalue weighted by atomic mass is 10.0. The summed E-state index contributed by atoms with van der Waals surface area (Å²) in [6.45, 7) is 5.62. The van der Waals surface area contributed by atoms with Crippen molar-refractivity contribution in [2.45, 2.75) is 45.9 Å². The molecule has 0 spiro atoms. The molecule has 0 aliphatic heterocycles. The van der Waals surface area contributed by atoms with Crippen LogP contribution in [0, 0.1) is 6.92 Å². The molecule has 0 aliphatic rings. The first-order valence-corrected chi connectivity index (χ1v) is 11.9. The number of nitrogens with zero attached hydrogens (tertiary/aromatic N) is 1. The fourth-order valence-corrected chi connectivity index (χ4v) is 4.68. The molecule has 34 heavy (non-hydrogen) atoms. The molecular weight excluding hydrogens is 476 g/mol. The van der Waals surface area contributed by atoms with Crippen molar-refractivity contribution in [3.63, 3.8) is 0 Å². The summed E-state index contributed by atoms with van der Waals surface area (Å²) in [5.74, 6) is -0.744. The summed E-state index contributed by atoms with van der Waals surface area (Å²) in [6.07, 6.45) is -0.975. The number of carbonyl (C=O) groups is 2. The van der Waals surface area contributed by atoms with Crippen molar-refractivity contribution in [3.05, 3.63) is 69.2 Å². The molecule has 180 valence electrons. The second-order valence-corrected chi connectivity index (χ2v) is 9.56. The zero-order chi connectivity index (χ0) is 24.8. The van der Waals surface area contributed by atoms with Crippen LogP contribution in [0.15, 0.2) is 42.5 Å². The number of amides is 1. The number of ether oxygens (including phenoxy) is 2. The van der Waals surface area contributed by atoms with Gasteiger partial charge in [0.15, 0.2) is 6.10 Å². The van der Waals surface area contributed by atoms with Crippen molar-refractivity contribution in [1.82, 2.24) is 10.3 Å². The first kappa shape index (κ1) is 25.7. The lowest BCUT2D eigenvalue weighted by Gasteiger charge is -2.18. The number of aryl methyl sites for hydroxylation is 1. The molecular formula is C25H27ClN2O5S. The maximum atomic E-state index is 12.9. The number of hydrogen-bond acceptors (Lipinski definition) is 6. The number of thiazole rings is 1. The highest BCUT2D eigenvalue weighted by Crippen LogP contribution is 2.32. The highest BCUT2D eigenvalue weighted by atomic mass is 35.5. The minimum atomic E-state index is -1.02. The second-order valence-electron chi connectivity index (χ2n) is 7.95. The molecule has 1 aromatic heterocycles. The Bertz CT molecular complexity index is 1180. The number of halogens is 1. The van der Waals surface area contributed by atoms with Gasteiger partial charge in [0.2, 0.25) is 0 Å². The Kier molecular flexibility index (Phi) is 8.66. The number of nitrogens with one attached hydrogen (secondary N) is 1. The molecule has 1 heterocycles. The number of benzene rings is 2. The van der Waals surface area contributed by atoms with E-state index in [2.05, 4.69) is 10.3 Å². The van der Waals surface area contributed by atoms with Crippen LogP contribution < -0.4 is 10.1 Å². The number of rotatable bonds is 10. The molecule has 2 N–H and O–H groups in total. The quantitative estimate of drug-likeness (QED) is 0.399. The Morgan fingerprint density at radius 1 is 1.21 bits per heavy atom. The molecule has 1 unspecified atom stereocenters. The standard InChI is InChI=1S/C25H27ClN2O5S/c1-14(2)33-21(25(30)31)12-16-9-10-20(32-4)17(11-16)13-27-23(29)22-15(3)34-24(28-22)18-7-5-6-8-19(18)26/h5-11,14,21H,12-13H2,1-4H3,(H,27,29)(H,30,31). The van der Waals surface area contributed by atoms with Crippen LogP contribution in [0.25, 0.3) is 10.6 Å². The molecule has 0 bridgehead atoms. The van der Waals surface area contributed by atoms with Gasteiger partial charge in [-0.15, -0.1) is 11.3 Å². The molecule has 0 radical (unpaired) electrons. The Morgan fingerprint density at radius 3 is 2.59 bits per heavy atom. The third-order valence-corrected chi connectivity index (χ3v) is 6.37. The summed E-state index contributed by atoms with van der Waals surface area (Å²) in [6, 6.07) is 12.7. The van der Waals surface area contributed by atoms with Crippen LogP contribution in [0.4, 0.5) is 0 Å². The lowest BCUT2D eigenvalue weighted by Crippen LogP contribution is -2.29. The van der Waals surface area contributed by atoms with Crippen LogP contribution in [0.3, 0.4) is 0 Å². The van der Waals surface area contributed by atoms with E-state index < -0.39 is 12.1 Å². The minimum absolute atomic E-state index is 0.191. The van der Waals surface area contributed by atoms with E-state index in [0.29, 0.717) is 21.5 Å². The van der Waals surface area contributed by atoms with E-state index in [1.54, 1.807) is 39.2 Å². The highest BCUT2D eigenvalue weighted by molar-refractivity contribution is 7.15. The molecule has 1 atom stereocenters. The van der Waals surface area contributed by atoms with Crippen LogP contribution in [0.5, 0.6) is 5.75 Å². The summed E-state index contributed by atoms with van der Waals surface area (Å²) >= 11 is 7.68. The zero-order valence-corrected chi connectivity index (χ0v) is 21.0. The van der Waals surface area contributed by atoms with Crippen molar-refractivity contribution < 1.29 is 24.2 Å². The van der Waals surface area contributed by atoms with Crippen LogP contribution in [-0.2, 0) is 22.5 Å². The van der Waals surface area contributed by atoms with Crippen molar-refractivity contribution in [2.24, 2.45) is 0 Å². The van der Waals surface area contributed by atoms with Gasteiger partial charge in [0.1, 0.15) is 16.5 Å². The van der Waals surface area contributed by atoms with Gasteiger partial charge in [-0.1, -0.05) is 41.9 Å². The summed E-state index contributed by atoms with van der Waals surface area (Å²) in [5.41, 5.74) is 2.61. The van der Waals surface area contributed by atoms with E-state index in [-0.39, 0.29) is 25.0 Å². The molecule has 0 fully saturated rings. The van der Waals surface area contributed by atoms with Gasteiger partial charge >= 0.3 is 5.97 Å². The number of carboxylic acids is 1. The number of hydrogen-bond donors (Lipinski definition) is 2. The number of aliphatic carboxylic acids is 1. The van der Waals surface area contributed by atoms with Crippen LogP contribution in [0.1, 0.15) is 40.3 Å². The predicted molar refractivity (Wildman–Crippen MR) is 133 cm³/mol. The third kappa shape index (κ3) is 6.34. The SMILES string of the molecule is COc1ccc(CC(OC(C)C)C(=O)O)cc1CNC(=O)c1nc(-c2ccccc2Cl)sc1C. The Hall–Kier alpha value is -2.94. The van der Waals surface area contributed by atoms with Crippen molar-refractivity contribution in [2.75, 3.05) is 7.11 Å². The summed E-state index contributed by atoms with van der Waals surface area (Å²) < 4.78 is 10.9. The molecule has 7 nitrogen and oxygen atoms in total. The Labute approximate surface area is 207 Å². The van der Waals surface area contributed by atoms with Gasteiger partial charge in [-0.3, -0.25) is 4.79 Å². The third-order valence-electron chi connectivity index (χ3n) is 5.03. The largest absolute Gasteiger partial charge is 0.496 e. The topological polar surface area (TPSA) is 97.8 Å². The predicted octanol–water partition coefficient (Wildman–Crippen LogP) is 5.13. The molecule has 2 aromatic carbocycles. The van der Waals surface area contributed by atoms with E-state index in [1.165, 1.54) is 11.3 Å². The van der Waals surface area contributed by atoms with E-state index >= 15 is 0 Å². The number of carbonyl (C=O) groups excluding carboxylic acids is 1. The fraction of sp³-hybridized carbons (Fsp3) is 0.320. The van der Waals surface area contributed by atoms with E-state index in [1.807, 2.05) is 31.2 Å². The monoisotopic (exact) mass is 502 g/mol. The molecule has 0 saturated carbocycles.